The first-order chi connectivity index (χ1) is 9.06. The maximum Gasteiger partial charge on any atom is 0.148 e. The molecule has 0 aliphatic rings. The van der Waals surface area contributed by atoms with Gasteiger partial charge < -0.3 is 5.32 Å². The summed E-state index contributed by atoms with van der Waals surface area (Å²) in [5, 5.41) is 3.03. The molecule has 0 fully saturated rings. The Morgan fingerprint density at radius 2 is 2.26 bits per heavy atom. The number of benzene rings is 1. The van der Waals surface area contributed by atoms with Gasteiger partial charge in [-0.2, -0.15) is 0 Å². The maximum atomic E-state index is 13.9. The van der Waals surface area contributed by atoms with Crippen LogP contribution in [0, 0.1) is 5.82 Å². The van der Waals surface area contributed by atoms with Crippen molar-refractivity contribution in [1.29, 1.82) is 0 Å². The summed E-state index contributed by atoms with van der Waals surface area (Å²) in [6, 6.07) is 3.48. The number of nitrogens with one attached hydrogen (secondary N) is 1. The molecule has 1 heterocycles. The second kappa shape index (κ2) is 5.93. The van der Waals surface area contributed by atoms with E-state index in [0.29, 0.717) is 5.69 Å². The first kappa shape index (κ1) is 13.7. The summed E-state index contributed by atoms with van der Waals surface area (Å²) < 4.78 is 14.7. The van der Waals surface area contributed by atoms with E-state index in [4.69, 9.17) is 0 Å². The predicted octanol–water partition coefficient (Wildman–Crippen LogP) is 4.23. The lowest BCUT2D eigenvalue weighted by Crippen LogP contribution is -1.99. The summed E-state index contributed by atoms with van der Waals surface area (Å²) in [5.74, 6) is -0.273. The number of allylic oxidation sites excluding steroid dienone is 2. The van der Waals surface area contributed by atoms with Crippen molar-refractivity contribution >= 4 is 33.5 Å². The van der Waals surface area contributed by atoms with Crippen LogP contribution < -0.4 is 5.32 Å². The molecule has 2 aromatic rings. The Labute approximate surface area is 115 Å². The number of halogens is 1. The molecule has 0 unspecified atom stereocenters. The molecular formula is C14H16FN3S. The van der Waals surface area contributed by atoms with E-state index >= 15 is 0 Å². The Morgan fingerprint density at radius 1 is 1.47 bits per heavy atom. The highest BCUT2D eigenvalue weighted by Gasteiger charge is 2.06. The van der Waals surface area contributed by atoms with Gasteiger partial charge in [0.25, 0.3) is 0 Å². The van der Waals surface area contributed by atoms with Crippen molar-refractivity contribution in [2.75, 3.05) is 5.32 Å². The van der Waals surface area contributed by atoms with E-state index in [9.17, 15) is 4.39 Å². The predicted molar refractivity (Wildman–Crippen MR) is 80.6 cm³/mol. The molecule has 0 radical (unpaired) electrons. The summed E-state index contributed by atoms with van der Waals surface area (Å²) in [5.41, 5.74) is 3.78. The van der Waals surface area contributed by atoms with Gasteiger partial charge in [0.15, 0.2) is 0 Å². The van der Waals surface area contributed by atoms with Gasteiger partial charge in [-0.05, 0) is 39.0 Å². The number of hydrogen-bond donors (Lipinski definition) is 1. The molecule has 19 heavy (non-hydrogen) atoms. The average molecular weight is 277 g/mol. The van der Waals surface area contributed by atoms with Crippen LogP contribution in [0.4, 0.5) is 10.1 Å². The summed E-state index contributed by atoms with van der Waals surface area (Å²) in [6.45, 7) is 5.88. The topological polar surface area (TPSA) is 37.3 Å². The lowest BCUT2D eigenvalue weighted by Gasteiger charge is -2.07. The normalized spacial score (nSPS) is 12.8. The van der Waals surface area contributed by atoms with Crippen LogP contribution in [-0.2, 0) is 0 Å². The number of thiazole rings is 1. The maximum absolute atomic E-state index is 13.9. The molecule has 1 N–H and O–H groups in total. The van der Waals surface area contributed by atoms with Gasteiger partial charge in [0.05, 0.1) is 21.4 Å². The van der Waals surface area contributed by atoms with Crippen LogP contribution >= 0.6 is 11.3 Å². The third kappa shape index (κ3) is 3.61. The molecule has 1 aromatic carbocycles. The fourth-order valence-electron chi connectivity index (χ4n) is 1.56. The second-order valence-corrected chi connectivity index (χ2v) is 5.41. The van der Waals surface area contributed by atoms with Crippen LogP contribution in [0.3, 0.4) is 0 Å². The molecule has 3 nitrogen and oxygen atoms in total. The number of hydrogen-bond acceptors (Lipinski definition) is 4. The Hall–Kier alpha value is -1.75. The minimum Gasteiger partial charge on any atom is -0.357 e. The minimum atomic E-state index is -0.273. The van der Waals surface area contributed by atoms with Crippen LogP contribution in [-0.4, -0.2) is 17.2 Å². The van der Waals surface area contributed by atoms with Gasteiger partial charge in [-0.15, -0.1) is 11.3 Å². The third-order valence-corrected chi connectivity index (χ3v) is 3.25. The van der Waals surface area contributed by atoms with E-state index in [1.807, 2.05) is 26.8 Å². The van der Waals surface area contributed by atoms with E-state index in [2.05, 4.69) is 15.3 Å². The van der Waals surface area contributed by atoms with Gasteiger partial charge in [-0.1, -0.05) is 0 Å². The number of anilines is 1. The van der Waals surface area contributed by atoms with Crippen molar-refractivity contribution in [3.63, 3.8) is 0 Å². The van der Waals surface area contributed by atoms with Gasteiger partial charge in [-0.25, -0.2) is 9.37 Å². The van der Waals surface area contributed by atoms with E-state index in [1.54, 1.807) is 17.8 Å². The zero-order chi connectivity index (χ0) is 13.8. The van der Waals surface area contributed by atoms with Crippen molar-refractivity contribution in [1.82, 2.24) is 4.98 Å². The number of rotatable bonds is 4. The van der Waals surface area contributed by atoms with Gasteiger partial charge >= 0.3 is 0 Å². The quantitative estimate of drug-likeness (QED) is 0.849. The standard InChI is InChI=1S/C14H16FN3S/c1-9(2)16-5-4-10(3)18-12-7-13-14(6-11(12)15)19-8-17-13/h4-9,18H,1-3H3/b10-4+,16-5?. The zero-order valence-corrected chi connectivity index (χ0v) is 12.0. The number of nitrogens with zero attached hydrogens (tertiary/aromatic N) is 2. The molecule has 100 valence electrons. The fraction of sp³-hybridized carbons (Fsp3) is 0.286. The molecule has 0 spiro atoms. The second-order valence-electron chi connectivity index (χ2n) is 4.52. The van der Waals surface area contributed by atoms with E-state index < -0.39 is 0 Å². The highest BCUT2D eigenvalue weighted by molar-refractivity contribution is 7.16. The number of fused-ring (bicyclic) bond motifs is 1. The van der Waals surface area contributed by atoms with Crippen LogP contribution in [0.15, 0.2) is 34.4 Å². The lowest BCUT2D eigenvalue weighted by molar-refractivity contribution is 0.633. The molecule has 0 saturated carbocycles. The Balaban J connectivity index is 2.18. The summed E-state index contributed by atoms with van der Waals surface area (Å²) in [4.78, 5) is 8.40. The fourth-order valence-corrected chi connectivity index (χ4v) is 2.24. The lowest BCUT2D eigenvalue weighted by atomic mass is 10.2. The molecular weight excluding hydrogens is 261 g/mol. The van der Waals surface area contributed by atoms with Gasteiger partial charge in [0, 0.05) is 18.0 Å². The van der Waals surface area contributed by atoms with E-state index in [0.717, 1.165) is 15.9 Å². The van der Waals surface area contributed by atoms with Crippen molar-refractivity contribution in [2.45, 2.75) is 26.8 Å². The Kier molecular flexibility index (Phi) is 4.27. The highest BCUT2D eigenvalue weighted by Crippen LogP contribution is 2.25. The van der Waals surface area contributed by atoms with E-state index in [1.165, 1.54) is 17.4 Å². The van der Waals surface area contributed by atoms with Crippen LogP contribution in [0.1, 0.15) is 20.8 Å². The zero-order valence-electron chi connectivity index (χ0n) is 11.1. The van der Waals surface area contributed by atoms with E-state index in [-0.39, 0.29) is 11.9 Å². The van der Waals surface area contributed by atoms with Gasteiger partial charge in [0.2, 0.25) is 0 Å². The van der Waals surface area contributed by atoms with Crippen molar-refractivity contribution in [3.05, 3.63) is 35.2 Å². The van der Waals surface area contributed by atoms with Crippen molar-refractivity contribution in [3.8, 4) is 0 Å². The average Bonchev–Trinajstić information content (AvgIpc) is 2.76. The molecule has 2 rings (SSSR count). The van der Waals surface area contributed by atoms with Gasteiger partial charge in [0.1, 0.15) is 5.82 Å². The summed E-state index contributed by atoms with van der Waals surface area (Å²) in [6.07, 6.45) is 3.55. The first-order valence-electron chi connectivity index (χ1n) is 6.06. The third-order valence-electron chi connectivity index (χ3n) is 2.46. The molecule has 0 bridgehead atoms. The first-order valence-corrected chi connectivity index (χ1v) is 6.94. The Bertz CT molecular complexity index is 629. The summed E-state index contributed by atoms with van der Waals surface area (Å²) in [7, 11) is 0. The smallest absolute Gasteiger partial charge is 0.148 e. The molecule has 0 saturated heterocycles. The summed E-state index contributed by atoms with van der Waals surface area (Å²) >= 11 is 1.43. The van der Waals surface area contributed by atoms with Crippen LogP contribution in [0.25, 0.3) is 10.2 Å². The van der Waals surface area contributed by atoms with Crippen LogP contribution in [0.2, 0.25) is 0 Å². The monoisotopic (exact) mass is 277 g/mol. The van der Waals surface area contributed by atoms with Crippen molar-refractivity contribution < 1.29 is 4.39 Å². The van der Waals surface area contributed by atoms with Crippen molar-refractivity contribution in [2.24, 2.45) is 4.99 Å². The molecule has 5 heteroatoms. The number of aromatic nitrogens is 1. The molecule has 0 atom stereocenters. The molecule has 0 aliphatic carbocycles. The molecule has 1 aromatic heterocycles. The van der Waals surface area contributed by atoms with Crippen LogP contribution in [0.5, 0.6) is 0 Å². The van der Waals surface area contributed by atoms with Gasteiger partial charge in [-0.3, -0.25) is 4.99 Å². The Morgan fingerprint density at radius 3 is 3.00 bits per heavy atom. The molecule has 0 aliphatic heterocycles. The number of aliphatic imine (C=N–C) groups is 1. The highest BCUT2D eigenvalue weighted by atomic mass is 32.1. The molecule has 0 amide bonds. The minimum absolute atomic E-state index is 0.257. The SMILES string of the molecule is C/C(=C\C=NC(C)C)Nc1cc2ncsc2cc1F. The largest absolute Gasteiger partial charge is 0.357 e.